The molecule has 1 fully saturated rings. The molecule has 0 radical (unpaired) electrons. The van der Waals surface area contributed by atoms with Gasteiger partial charge in [-0.3, -0.25) is 4.79 Å². The lowest BCUT2D eigenvalue weighted by Gasteiger charge is -2.26. The summed E-state index contributed by atoms with van der Waals surface area (Å²) in [5.41, 5.74) is 0.934. The number of hydrogen-bond donors (Lipinski definition) is 0. The molecule has 116 valence electrons. The number of benzene rings is 2. The number of carbonyl (C=O) groups excluding carboxylic acids is 1. The van der Waals surface area contributed by atoms with Crippen LogP contribution in [0, 0.1) is 0 Å². The van der Waals surface area contributed by atoms with Crippen LogP contribution in [-0.2, 0) is 15.0 Å². The van der Waals surface area contributed by atoms with Crippen molar-refractivity contribution in [1.29, 1.82) is 0 Å². The highest BCUT2D eigenvalue weighted by Gasteiger charge is 2.40. The third-order valence-corrected chi connectivity index (χ3v) is 5.37. The second-order valence-electron chi connectivity index (χ2n) is 5.59. The van der Waals surface area contributed by atoms with Crippen LogP contribution in [0.15, 0.2) is 42.5 Å². The van der Waals surface area contributed by atoms with Gasteiger partial charge in [0.15, 0.2) is 0 Å². The van der Waals surface area contributed by atoms with Gasteiger partial charge in [0, 0.05) is 13.0 Å². The Morgan fingerprint density at radius 3 is 2.55 bits per heavy atom. The molecule has 0 bridgehead atoms. The molecule has 1 amide bonds. The average molecular weight is 321 g/mol. The second kappa shape index (κ2) is 5.35. The van der Waals surface area contributed by atoms with Gasteiger partial charge < -0.3 is 4.90 Å². The maximum absolute atomic E-state index is 13.2. The highest BCUT2D eigenvalue weighted by molar-refractivity contribution is 7.87. The number of hydrogen-bond acceptors (Lipinski definition) is 3. The summed E-state index contributed by atoms with van der Waals surface area (Å²) in [5.74, 6) is -0.327. The molecule has 1 aliphatic heterocycles. The first-order chi connectivity index (χ1) is 10.4. The zero-order valence-electron chi connectivity index (χ0n) is 12.1. The Kier molecular flexibility index (Phi) is 3.64. The number of fused-ring (bicyclic) bond motifs is 1. The average Bonchev–Trinajstić information content (AvgIpc) is 2.88. The summed E-state index contributed by atoms with van der Waals surface area (Å²) in [6, 6.07) is 13.3. The third-order valence-electron chi connectivity index (χ3n) is 4.26. The van der Waals surface area contributed by atoms with Crippen molar-refractivity contribution in [2.24, 2.45) is 0 Å². The van der Waals surface area contributed by atoms with Gasteiger partial charge in [0.25, 0.3) is 0 Å². The normalized spacial score (nSPS) is 20.5. The smallest absolute Gasteiger partial charge is 0.307 e. The molecule has 2 aromatic rings. The molecule has 0 aliphatic carbocycles. The molecule has 1 saturated heterocycles. The fourth-order valence-corrected chi connectivity index (χ4v) is 3.72. The van der Waals surface area contributed by atoms with Crippen LogP contribution in [0.2, 0.25) is 0 Å². The summed E-state index contributed by atoms with van der Waals surface area (Å²) in [5, 5.41) is 0.808. The summed E-state index contributed by atoms with van der Waals surface area (Å²) in [6.45, 7) is 1.74. The topological polar surface area (TPSA) is 54.5 Å². The Hall–Kier alpha value is -1.95. The maximum Gasteiger partial charge on any atom is 0.307 e. The summed E-state index contributed by atoms with van der Waals surface area (Å²) < 4.78 is 35.3. The first-order valence-corrected chi connectivity index (χ1v) is 8.53. The molecular weight excluding hydrogens is 305 g/mol. The van der Waals surface area contributed by atoms with Gasteiger partial charge in [-0.1, -0.05) is 42.5 Å². The van der Waals surface area contributed by atoms with Gasteiger partial charge >= 0.3 is 10.2 Å². The van der Waals surface area contributed by atoms with Crippen molar-refractivity contribution in [2.75, 3.05) is 6.54 Å². The van der Waals surface area contributed by atoms with Crippen LogP contribution in [-0.4, -0.2) is 31.0 Å². The molecule has 2 aromatic carbocycles. The number of halogens is 1. The van der Waals surface area contributed by atoms with E-state index in [-0.39, 0.29) is 24.9 Å². The van der Waals surface area contributed by atoms with Gasteiger partial charge in [0.05, 0.1) is 6.04 Å². The van der Waals surface area contributed by atoms with Crippen LogP contribution < -0.4 is 0 Å². The lowest BCUT2D eigenvalue weighted by molar-refractivity contribution is -0.129. The molecular formula is C16H16FNO3S. The van der Waals surface area contributed by atoms with Gasteiger partial charge in [-0.25, -0.2) is 0 Å². The van der Waals surface area contributed by atoms with Gasteiger partial charge in [0.1, 0.15) is 5.25 Å². The van der Waals surface area contributed by atoms with Crippen molar-refractivity contribution < 1.29 is 17.1 Å². The van der Waals surface area contributed by atoms with Crippen molar-refractivity contribution in [3.8, 4) is 0 Å². The van der Waals surface area contributed by atoms with Gasteiger partial charge in [-0.15, -0.1) is 3.89 Å². The number of rotatable bonds is 3. The van der Waals surface area contributed by atoms with E-state index in [0.29, 0.717) is 0 Å². The van der Waals surface area contributed by atoms with Crippen LogP contribution in [0.3, 0.4) is 0 Å². The first-order valence-electron chi connectivity index (χ1n) is 7.08. The van der Waals surface area contributed by atoms with Gasteiger partial charge in [-0.05, 0) is 23.3 Å². The Labute approximate surface area is 128 Å². The molecule has 0 spiro atoms. The van der Waals surface area contributed by atoms with E-state index < -0.39 is 15.5 Å². The Morgan fingerprint density at radius 1 is 1.18 bits per heavy atom. The SMILES string of the molecule is CC(c1cccc2ccccc12)N1CC(S(=O)(=O)F)CC1=O. The van der Waals surface area contributed by atoms with Crippen LogP contribution in [0.25, 0.3) is 10.8 Å². The zero-order chi connectivity index (χ0) is 15.9. The number of nitrogens with zero attached hydrogens (tertiary/aromatic N) is 1. The monoisotopic (exact) mass is 321 g/mol. The van der Waals surface area contributed by atoms with Crippen molar-refractivity contribution in [3.05, 3.63) is 48.0 Å². The quantitative estimate of drug-likeness (QED) is 0.817. The molecule has 22 heavy (non-hydrogen) atoms. The minimum absolute atomic E-state index is 0.0952. The summed E-state index contributed by atoms with van der Waals surface area (Å²) in [7, 11) is -4.69. The standard InChI is InChI=1S/C16H16FNO3S/c1-11(18-10-13(9-16(18)19)22(17,20)21)14-8-4-6-12-5-2-3-7-15(12)14/h2-8,11,13H,9-10H2,1H3. The van der Waals surface area contributed by atoms with E-state index in [1.165, 1.54) is 4.90 Å². The predicted molar refractivity (Wildman–Crippen MR) is 82.5 cm³/mol. The van der Waals surface area contributed by atoms with E-state index in [2.05, 4.69) is 0 Å². The molecule has 0 N–H and O–H groups in total. The first kappa shape index (κ1) is 15.0. The molecule has 4 nitrogen and oxygen atoms in total. The lowest BCUT2D eigenvalue weighted by Crippen LogP contribution is -2.30. The predicted octanol–water partition coefficient (Wildman–Crippen LogP) is 2.80. The Balaban J connectivity index is 1.97. The molecule has 0 aromatic heterocycles. The van der Waals surface area contributed by atoms with Crippen molar-refractivity contribution >= 4 is 26.9 Å². The number of carbonyl (C=O) groups is 1. The summed E-state index contributed by atoms with van der Waals surface area (Å²) in [6.07, 6.45) is -0.284. The molecule has 0 saturated carbocycles. The van der Waals surface area contributed by atoms with Gasteiger partial charge in [-0.2, -0.15) is 8.42 Å². The van der Waals surface area contributed by atoms with E-state index in [4.69, 9.17) is 0 Å². The van der Waals surface area contributed by atoms with Crippen LogP contribution in [0.1, 0.15) is 24.9 Å². The summed E-state index contributed by atoms with van der Waals surface area (Å²) in [4.78, 5) is 13.5. The molecule has 3 rings (SSSR count). The van der Waals surface area contributed by atoms with Crippen LogP contribution in [0.4, 0.5) is 3.89 Å². The highest BCUT2D eigenvalue weighted by atomic mass is 32.3. The zero-order valence-corrected chi connectivity index (χ0v) is 12.9. The van der Waals surface area contributed by atoms with E-state index in [1.807, 2.05) is 49.4 Å². The second-order valence-corrected chi connectivity index (χ2v) is 7.21. The maximum atomic E-state index is 13.2. The Bertz CT molecular complexity index is 829. The molecule has 2 unspecified atom stereocenters. The van der Waals surface area contributed by atoms with E-state index >= 15 is 0 Å². The van der Waals surface area contributed by atoms with Crippen molar-refractivity contribution in [2.45, 2.75) is 24.6 Å². The summed E-state index contributed by atoms with van der Waals surface area (Å²) >= 11 is 0. The fraction of sp³-hybridized carbons (Fsp3) is 0.312. The molecule has 1 aliphatic rings. The minimum atomic E-state index is -4.69. The van der Waals surface area contributed by atoms with Crippen molar-refractivity contribution in [3.63, 3.8) is 0 Å². The lowest BCUT2D eigenvalue weighted by atomic mass is 9.99. The van der Waals surface area contributed by atoms with Crippen LogP contribution in [0.5, 0.6) is 0 Å². The molecule has 6 heteroatoms. The third kappa shape index (κ3) is 2.59. The van der Waals surface area contributed by atoms with E-state index in [9.17, 15) is 17.1 Å². The largest absolute Gasteiger partial charge is 0.334 e. The Morgan fingerprint density at radius 2 is 1.86 bits per heavy atom. The number of amides is 1. The molecule has 2 atom stereocenters. The number of likely N-dealkylation sites (tertiary alicyclic amines) is 1. The van der Waals surface area contributed by atoms with Crippen LogP contribution >= 0.6 is 0 Å². The highest BCUT2D eigenvalue weighted by Crippen LogP contribution is 2.32. The van der Waals surface area contributed by atoms with Crippen molar-refractivity contribution in [1.82, 2.24) is 4.90 Å². The fourth-order valence-electron chi connectivity index (χ4n) is 3.04. The van der Waals surface area contributed by atoms with E-state index in [1.54, 1.807) is 0 Å². The van der Waals surface area contributed by atoms with Gasteiger partial charge in [0.2, 0.25) is 5.91 Å². The van der Waals surface area contributed by atoms with E-state index in [0.717, 1.165) is 16.3 Å². The minimum Gasteiger partial charge on any atom is -0.334 e. The molecule has 1 heterocycles.